The lowest BCUT2D eigenvalue weighted by atomic mass is 9.91. The van der Waals surface area contributed by atoms with E-state index in [1.54, 1.807) is 26.0 Å². The topological polar surface area (TPSA) is 109 Å². The summed E-state index contributed by atoms with van der Waals surface area (Å²) in [5.41, 5.74) is 8.18. The van der Waals surface area contributed by atoms with Gasteiger partial charge in [0, 0.05) is 17.3 Å². The maximum absolute atomic E-state index is 13.9. The SMILES string of the molecule is Cc1c([C@H](C)Nc2ncnc(N)c2C#N)c(-c2ccc(F)cc2)c2ccc(F)cn2c1=O. The summed E-state index contributed by atoms with van der Waals surface area (Å²) in [6.07, 6.45) is 2.36. The predicted molar refractivity (Wildman–Crippen MR) is 117 cm³/mol. The van der Waals surface area contributed by atoms with Crippen molar-refractivity contribution in [2.75, 3.05) is 11.1 Å². The van der Waals surface area contributed by atoms with Crippen LogP contribution in [0.25, 0.3) is 16.6 Å². The number of hydrogen-bond donors (Lipinski definition) is 2. The molecule has 7 nitrogen and oxygen atoms in total. The smallest absolute Gasteiger partial charge is 0.258 e. The molecule has 0 radical (unpaired) electrons. The van der Waals surface area contributed by atoms with E-state index in [9.17, 15) is 18.8 Å². The first-order valence-corrected chi connectivity index (χ1v) is 9.69. The van der Waals surface area contributed by atoms with Gasteiger partial charge in [0.1, 0.15) is 41.2 Å². The second-order valence-electron chi connectivity index (χ2n) is 7.29. The number of benzene rings is 1. The summed E-state index contributed by atoms with van der Waals surface area (Å²) in [5.74, 6) is -0.715. The summed E-state index contributed by atoms with van der Waals surface area (Å²) in [4.78, 5) is 21.0. The van der Waals surface area contributed by atoms with Gasteiger partial charge in [-0.05, 0) is 49.2 Å². The number of nitrogens with two attached hydrogens (primary N) is 1. The van der Waals surface area contributed by atoms with Gasteiger partial charge in [-0.25, -0.2) is 18.7 Å². The minimum atomic E-state index is -0.557. The number of rotatable bonds is 4. The van der Waals surface area contributed by atoms with E-state index < -0.39 is 23.2 Å². The van der Waals surface area contributed by atoms with Gasteiger partial charge >= 0.3 is 0 Å². The fourth-order valence-corrected chi connectivity index (χ4v) is 3.83. The monoisotopic (exact) mass is 432 g/mol. The molecular formula is C23H18F2N6O. The van der Waals surface area contributed by atoms with E-state index >= 15 is 0 Å². The molecule has 9 heteroatoms. The van der Waals surface area contributed by atoms with E-state index in [0.717, 1.165) is 6.20 Å². The number of nitrogens with zero attached hydrogens (tertiary/aromatic N) is 4. The lowest BCUT2D eigenvalue weighted by Gasteiger charge is -2.23. The van der Waals surface area contributed by atoms with Crippen LogP contribution in [0.2, 0.25) is 0 Å². The molecule has 1 aromatic carbocycles. The molecule has 0 aliphatic heterocycles. The number of nitriles is 1. The number of nitrogens with one attached hydrogen (secondary N) is 1. The largest absolute Gasteiger partial charge is 0.382 e. The zero-order valence-corrected chi connectivity index (χ0v) is 17.2. The lowest BCUT2D eigenvalue weighted by Crippen LogP contribution is -2.23. The summed E-state index contributed by atoms with van der Waals surface area (Å²) in [5, 5.41) is 12.6. The van der Waals surface area contributed by atoms with Crippen molar-refractivity contribution in [2.45, 2.75) is 19.9 Å². The van der Waals surface area contributed by atoms with Crippen LogP contribution < -0.4 is 16.6 Å². The summed E-state index contributed by atoms with van der Waals surface area (Å²) in [7, 11) is 0. The number of pyridine rings is 2. The Kier molecular flexibility index (Phi) is 5.28. The number of anilines is 2. The average molecular weight is 432 g/mol. The Hall–Kier alpha value is -4.32. The van der Waals surface area contributed by atoms with Gasteiger partial charge in [-0.2, -0.15) is 5.26 Å². The van der Waals surface area contributed by atoms with Crippen molar-refractivity contribution >= 4 is 17.2 Å². The molecule has 3 aromatic heterocycles. The molecule has 32 heavy (non-hydrogen) atoms. The van der Waals surface area contributed by atoms with Crippen LogP contribution in [0.3, 0.4) is 0 Å². The molecule has 0 bridgehead atoms. The van der Waals surface area contributed by atoms with Gasteiger partial charge in [0.25, 0.3) is 5.56 Å². The quantitative estimate of drug-likeness (QED) is 0.505. The molecule has 0 unspecified atom stereocenters. The normalized spacial score (nSPS) is 11.8. The van der Waals surface area contributed by atoms with Gasteiger partial charge in [-0.3, -0.25) is 9.20 Å². The molecule has 160 valence electrons. The van der Waals surface area contributed by atoms with E-state index in [1.165, 1.54) is 35.0 Å². The molecule has 0 amide bonds. The van der Waals surface area contributed by atoms with Gasteiger partial charge in [0.2, 0.25) is 0 Å². The maximum Gasteiger partial charge on any atom is 0.258 e. The zero-order valence-electron chi connectivity index (χ0n) is 17.2. The van der Waals surface area contributed by atoms with Crippen LogP contribution in [0.15, 0.2) is 53.7 Å². The highest BCUT2D eigenvalue weighted by Gasteiger charge is 2.23. The molecular weight excluding hydrogens is 414 g/mol. The van der Waals surface area contributed by atoms with Crippen molar-refractivity contribution in [1.82, 2.24) is 14.4 Å². The minimum Gasteiger partial charge on any atom is -0.382 e. The first kappa shape index (κ1) is 20.9. The number of halogens is 2. The van der Waals surface area contributed by atoms with Crippen molar-refractivity contribution in [1.29, 1.82) is 5.26 Å². The number of nitrogen functional groups attached to an aromatic ring is 1. The third kappa shape index (κ3) is 3.52. The van der Waals surface area contributed by atoms with Crippen molar-refractivity contribution < 1.29 is 8.78 Å². The van der Waals surface area contributed by atoms with E-state index in [-0.39, 0.29) is 17.2 Å². The highest BCUT2D eigenvalue weighted by molar-refractivity contribution is 5.84. The Bertz CT molecular complexity index is 1440. The van der Waals surface area contributed by atoms with Crippen LogP contribution in [0.1, 0.15) is 29.7 Å². The van der Waals surface area contributed by atoms with Crippen LogP contribution in [0.5, 0.6) is 0 Å². The zero-order chi connectivity index (χ0) is 23.0. The lowest BCUT2D eigenvalue weighted by molar-refractivity contribution is 0.618. The van der Waals surface area contributed by atoms with Gasteiger partial charge in [0.05, 0.1) is 11.6 Å². The number of aromatic nitrogens is 3. The molecule has 0 spiro atoms. The summed E-state index contributed by atoms with van der Waals surface area (Å²) in [6.45, 7) is 3.44. The van der Waals surface area contributed by atoms with Crippen LogP contribution >= 0.6 is 0 Å². The van der Waals surface area contributed by atoms with Crippen molar-refractivity contribution in [3.05, 3.63) is 87.6 Å². The van der Waals surface area contributed by atoms with E-state index in [1.807, 2.05) is 6.07 Å². The molecule has 3 heterocycles. The minimum absolute atomic E-state index is 0.0294. The average Bonchev–Trinajstić information content (AvgIpc) is 2.77. The van der Waals surface area contributed by atoms with Gasteiger partial charge in [-0.1, -0.05) is 12.1 Å². The molecule has 1 atom stereocenters. The Morgan fingerprint density at radius 1 is 1.12 bits per heavy atom. The molecule has 0 aliphatic carbocycles. The van der Waals surface area contributed by atoms with Crippen molar-refractivity contribution in [3.8, 4) is 17.2 Å². The summed E-state index contributed by atoms with van der Waals surface area (Å²) >= 11 is 0. The second-order valence-corrected chi connectivity index (χ2v) is 7.29. The van der Waals surface area contributed by atoms with E-state index in [0.29, 0.717) is 27.8 Å². The van der Waals surface area contributed by atoms with E-state index in [2.05, 4.69) is 15.3 Å². The maximum atomic E-state index is 13.9. The third-order valence-corrected chi connectivity index (χ3v) is 5.29. The molecule has 4 aromatic rings. The standard InChI is InChI=1S/C23H18F2N6O/c1-12-19(13(2)30-22-17(9-26)21(27)28-11-29-22)20(14-3-5-15(24)6-4-14)18-8-7-16(25)10-31(18)23(12)32/h3-8,10-11,13H,1-2H3,(H3,27,28,29,30)/t13-/m0/s1. The van der Waals surface area contributed by atoms with Gasteiger partial charge < -0.3 is 11.1 Å². The van der Waals surface area contributed by atoms with Crippen molar-refractivity contribution in [2.24, 2.45) is 0 Å². The fourth-order valence-electron chi connectivity index (χ4n) is 3.83. The Morgan fingerprint density at radius 2 is 1.81 bits per heavy atom. The van der Waals surface area contributed by atoms with E-state index in [4.69, 9.17) is 5.73 Å². The highest BCUT2D eigenvalue weighted by atomic mass is 19.1. The van der Waals surface area contributed by atoms with Crippen LogP contribution in [-0.2, 0) is 0 Å². The van der Waals surface area contributed by atoms with Crippen molar-refractivity contribution in [3.63, 3.8) is 0 Å². The number of hydrogen-bond acceptors (Lipinski definition) is 6. The first-order valence-electron chi connectivity index (χ1n) is 9.69. The molecule has 0 fully saturated rings. The molecule has 0 saturated heterocycles. The number of fused-ring (bicyclic) bond motifs is 1. The fraction of sp³-hybridized carbons (Fsp3) is 0.130. The Balaban J connectivity index is 1.99. The highest BCUT2D eigenvalue weighted by Crippen LogP contribution is 2.35. The van der Waals surface area contributed by atoms with Gasteiger partial charge in [0.15, 0.2) is 0 Å². The summed E-state index contributed by atoms with van der Waals surface area (Å²) in [6, 6.07) is 10.1. The van der Waals surface area contributed by atoms with Crippen LogP contribution in [0.4, 0.5) is 20.4 Å². The molecule has 4 rings (SSSR count). The van der Waals surface area contributed by atoms with Gasteiger partial charge in [-0.15, -0.1) is 0 Å². The Morgan fingerprint density at radius 3 is 2.50 bits per heavy atom. The van der Waals surface area contributed by atoms with Crippen LogP contribution in [-0.4, -0.2) is 14.4 Å². The molecule has 0 saturated carbocycles. The summed E-state index contributed by atoms with van der Waals surface area (Å²) < 4.78 is 28.8. The van der Waals surface area contributed by atoms with Crippen LogP contribution in [0, 0.1) is 29.9 Å². The predicted octanol–water partition coefficient (Wildman–Crippen LogP) is 3.97. The third-order valence-electron chi connectivity index (χ3n) is 5.29. The second kappa shape index (κ2) is 8.07. The Labute approximate surface area is 181 Å². The first-order chi connectivity index (χ1) is 15.3. The molecule has 0 aliphatic rings. The molecule has 3 N–H and O–H groups in total.